The smallest absolute Gasteiger partial charge is 0.339 e. The molecular weight excluding hydrogens is 400 g/mol. The molecule has 1 aromatic carbocycles. The summed E-state index contributed by atoms with van der Waals surface area (Å²) >= 11 is 0. The van der Waals surface area contributed by atoms with Crippen molar-refractivity contribution in [2.24, 2.45) is 0 Å². The second-order valence-corrected chi connectivity index (χ2v) is 6.11. The fourth-order valence-electron chi connectivity index (χ4n) is 2.80. The van der Waals surface area contributed by atoms with Gasteiger partial charge in [-0.15, -0.1) is 0 Å². The Balaban J connectivity index is 1.96. The number of benzene rings is 1. The highest BCUT2D eigenvalue weighted by molar-refractivity contribution is 5.67. The quantitative estimate of drug-likeness (QED) is 0.576. The van der Waals surface area contributed by atoms with Gasteiger partial charge in [0.05, 0.1) is 29.2 Å². The van der Waals surface area contributed by atoms with Crippen LogP contribution < -0.4 is 5.32 Å². The van der Waals surface area contributed by atoms with Gasteiger partial charge in [0.1, 0.15) is 5.82 Å². The Morgan fingerprint density at radius 1 is 0.966 bits per heavy atom. The maximum Gasteiger partial charge on any atom is 0.435 e. The van der Waals surface area contributed by atoms with Crippen molar-refractivity contribution in [3.05, 3.63) is 53.6 Å². The second-order valence-electron chi connectivity index (χ2n) is 6.11. The van der Waals surface area contributed by atoms with Gasteiger partial charge < -0.3 is 5.32 Å². The first-order chi connectivity index (χ1) is 13.5. The molecule has 0 saturated carbocycles. The molecule has 0 amide bonds. The molecule has 0 atom stereocenters. The SMILES string of the molecule is CCn1nc(C(F)(F)F)c(-c2cncc(Nc3ccc(C(F)(F)F)cc3)n2)c1C. The third-order valence-corrected chi connectivity index (χ3v) is 4.15. The van der Waals surface area contributed by atoms with Crippen LogP contribution in [0.3, 0.4) is 0 Å². The Hall–Kier alpha value is -3.11. The number of aromatic nitrogens is 4. The van der Waals surface area contributed by atoms with E-state index in [1.807, 2.05) is 0 Å². The average Bonchev–Trinajstić information content (AvgIpc) is 2.98. The molecule has 3 rings (SSSR count). The lowest BCUT2D eigenvalue weighted by atomic mass is 10.1. The Bertz CT molecular complexity index is 1010. The summed E-state index contributed by atoms with van der Waals surface area (Å²) in [5.74, 6) is 0.0824. The molecule has 0 aliphatic rings. The molecule has 0 unspecified atom stereocenters. The fourth-order valence-corrected chi connectivity index (χ4v) is 2.80. The molecule has 0 aliphatic heterocycles. The highest BCUT2D eigenvalue weighted by Gasteiger charge is 2.39. The summed E-state index contributed by atoms with van der Waals surface area (Å²) < 4.78 is 79.4. The largest absolute Gasteiger partial charge is 0.435 e. The molecule has 11 heteroatoms. The Morgan fingerprint density at radius 2 is 1.62 bits per heavy atom. The third-order valence-electron chi connectivity index (χ3n) is 4.15. The summed E-state index contributed by atoms with van der Waals surface area (Å²) in [7, 11) is 0. The van der Waals surface area contributed by atoms with Gasteiger partial charge in [0.2, 0.25) is 0 Å². The van der Waals surface area contributed by atoms with Crippen LogP contribution >= 0.6 is 0 Å². The molecule has 0 saturated heterocycles. The van der Waals surface area contributed by atoms with Crippen molar-refractivity contribution in [1.29, 1.82) is 0 Å². The number of alkyl halides is 6. The molecule has 2 heterocycles. The van der Waals surface area contributed by atoms with Crippen LogP contribution in [0.4, 0.5) is 37.8 Å². The van der Waals surface area contributed by atoms with Crippen molar-refractivity contribution in [3.8, 4) is 11.3 Å². The van der Waals surface area contributed by atoms with Gasteiger partial charge in [-0.2, -0.15) is 31.4 Å². The van der Waals surface area contributed by atoms with Crippen LogP contribution in [0.5, 0.6) is 0 Å². The van der Waals surface area contributed by atoms with Crippen molar-refractivity contribution < 1.29 is 26.3 Å². The van der Waals surface area contributed by atoms with Crippen molar-refractivity contribution in [2.75, 3.05) is 5.32 Å². The highest BCUT2D eigenvalue weighted by Crippen LogP contribution is 2.38. The van der Waals surface area contributed by atoms with Crippen LogP contribution in [0.25, 0.3) is 11.3 Å². The topological polar surface area (TPSA) is 55.6 Å². The molecule has 0 aliphatic carbocycles. The predicted octanol–water partition coefficient (Wildman–Crippen LogP) is 5.45. The van der Waals surface area contributed by atoms with Gasteiger partial charge in [0.15, 0.2) is 5.69 Å². The first-order valence-corrected chi connectivity index (χ1v) is 8.42. The van der Waals surface area contributed by atoms with Crippen LogP contribution in [-0.4, -0.2) is 19.7 Å². The van der Waals surface area contributed by atoms with E-state index in [-0.39, 0.29) is 35.0 Å². The normalized spacial score (nSPS) is 12.3. The van der Waals surface area contributed by atoms with Crippen LogP contribution in [0, 0.1) is 6.92 Å². The number of aryl methyl sites for hydroxylation is 1. The lowest BCUT2D eigenvalue weighted by Gasteiger charge is -2.10. The van der Waals surface area contributed by atoms with Crippen LogP contribution in [0.1, 0.15) is 23.9 Å². The standard InChI is InChI=1S/C18H15F6N5/c1-3-29-10(2)15(16(28-29)18(22,23)24)13-8-25-9-14(27-13)26-12-6-4-11(5-7-12)17(19,20)21/h4-9H,3H2,1-2H3,(H,26,27). The Morgan fingerprint density at radius 3 is 2.17 bits per heavy atom. The van der Waals surface area contributed by atoms with Crippen molar-refractivity contribution in [2.45, 2.75) is 32.7 Å². The summed E-state index contributed by atoms with van der Waals surface area (Å²) in [6.45, 7) is 3.41. The Labute approximate surface area is 161 Å². The summed E-state index contributed by atoms with van der Waals surface area (Å²) in [4.78, 5) is 8.05. The average molecular weight is 415 g/mol. The second kappa shape index (κ2) is 7.37. The number of hydrogen-bond acceptors (Lipinski definition) is 4. The number of anilines is 2. The maximum absolute atomic E-state index is 13.4. The van der Waals surface area contributed by atoms with Crippen LogP contribution in [0.15, 0.2) is 36.7 Å². The minimum atomic E-state index is -4.68. The number of rotatable bonds is 4. The molecule has 5 nitrogen and oxygen atoms in total. The van der Waals surface area contributed by atoms with Gasteiger partial charge in [0, 0.05) is 17.9 Å². The minimum Gasteiger partial charge on any atom is -0.339 e. The molecule has 0 radical (unpaired) electrons. The van der Waals surface area contributed by atoms with Crippen molar-refractivity contribution >= 4 is 11.5 Å². The van der Waals surface area contributed by atoms with E-state index >= 15 is 0 Å². The van der Waals surface area contributed by atoms with Gasteiger partial charge in [-0.3, -0.25) is 9.67 Å². The summed E-state index contributed by atoms with van der Waals surface area (Å²) in [5.41, 5.74) is -1.57. The van der Waals surface area contributed by atoms with E-state index in [0.717, 1.165) is 12.1 Å². The van der Waals surface area contributed by atoms with Crippen LogP contribution in [0.2, 0.25) is 0 Å². The molecule has 0 bridgehead atoms. The molecule has 1 N–H and O–H groups in total. The van der Waals surface area contributed by atoms with E-state index in [1.54, 1.807) is 6.92 Å². The molecule has 3 aromatic rings. The number of halogens is 6. The summed E-state index contributed by atoms with van der Waals surface area (Å²) in [6.07, 6.45) is -6.71. The Kier molecular flexibility index (Phi) is 5.24. The van der Waals surface area contributed by atoms with E-state index in [9.17, 15) is 26.3 Å². The monoisotopic (exact) mass is 415 g/mol. The number of hydrogen-bond donors (Lipinski definition) is 1. The van der Waals surface area contributed by atoms with Gasteiger partial charge in [-0.05, 0) is 38.1 Å². The van der Waals surface area contributed by atoms with E-state index in [0.29, 0.717) is 0 Å². The first kappa shape index (κ1) is 20.6. The number of nitrogens with one attached hydrogen (secondary N) is 1. The lowest BCUT2D eigenvalue weighted by Crippen LogP contribution is -2.09. The molecule has 29 heavy (non-hydrogen) atoms. The third kappa shape index (κ3) is 4.33. The molecule has 154 valence electrons. The zero-order valence-corrected chi connectivity index (χ0v) is 15.2. The summed E-state index contributed by atoms with van der Waals surface area (Å²) in [6, 6.07) is 4.16. The van der Waals surface area contributed by atoms with Gasteiger partial charge in [-0.1, -0.05) is 0 Å². The summed E-state index contributed by atoms with van der Waals surface area (Å²) in [5, 5.41) is 6.36. The zero-order chi connectivity index (χ0) is 21.4. The molecule has 0 fully saturated rings. The van der Waals surface area contributed by atoms with Crippen LogP contribution in [-0.2, 0) is 18.9 Å². The first-order valence-electron chi connectivity index (χ1n) is 8.42. The van der Waals surface area contributed by atoms with Gasteiger partial charge >= 0.3 is 12.4 Å². The van der Waals surface area contributed by atoms with Crippen molar-refractivity contribution in [1.82, 2.24) is 19.7 Å². The lowest BCUT2D eigenvalue weighted by molar-refractivity contribution is -0.141. The fraction of sp³-hybridized carbons (Fsp3) is 0.278. The molecular formula is C18H15F6N5. The number of nitrogens with zero attached hydrogens (tertiary/aromatic N) is 4. The minimum absolute atomic E-state index is 0.0496. The zero-order valence-electron chi connectivity index (χ0n) is 15.2. The van der Waals surface area contributed by atoms with Crippen molar-refractivity contribution in [3.63, 3.8) is 0 Å². The van der Waals surface area contributed by atoms with E-state index in [4.69, 9.17) is 0 Å². The molecule has 2 aromatic heterocycles. The predicted molar refractivity (Wildman–Crippen MR) is 93.4 cm³/mol. The van der Waals surface area contributed by atoms with E-state index < -0.39 is 23.6 Å². The van der Waals surface area contributed by atoms with E-state index in [2.05, 4.69) is 20.4 Å². The highest BCUT2D eigenvalue weighted by atomic mass is 19.4. The van der Waals surface area contributed by atoms with Gasteiger partial charge in [-0.25, -0.2) is 4.98 Å². The molecule has 0 spiro atoms. The van der Waals surface area contributed by atoms with E-state index in [1.165, 1.54) is 36.1 Å². The van der Waals surface area contributed by atoms with Gasteiger partial charge in [0.25, 0.3) is 0 Å². The maximum atomic E-state index is 13.4.